The van der Waals surface area contributed by atoms with Gasteiger partial charge in [-0.25, -0.2) is 14.9 Å². The summed E-state index contributed by atoms with van der Waals surface area (Å²) in [7, 11) is 0. The minimum atomic E-state index is 0.393. The van der Waals surface area contributed by atoms with E-state index in [1.54, 1.807) is 0 Å². The van der Waals surface area contributed by atoms with Gasteiger partial charge in [0.05, 0.1) is 5.69 Å². The van der Waals surface area contributed by atoms with Gasteiger partial charge in [-0.3, -0.25) is 0 Å². The van der Waals surface area contributed by atoms with Crippen LogP contribution in [0, 0.1) is 0 Å². The molecule has 2 heterocycles. The zero-order valence-electron chi connectivity index (χ0n) is 26.6. The topological polar surface area (TPSA) is 80.6 Å². The van der Waals surface area contributed by atoms with Gasteiger partial charge in [0.1, 0.15) is 0 Å². The van der Waals surface area contributed by atoms with E-state index in [9.17, 15) is 0 Å². The molecule has 1 aliphatic carbocycles. The molecule has 7 nitrogen and oxygen atoms in total. The van der Waals surface area contributed by atoms with Gasteiger partial charge in [-0.2, -0.15) is 19.9 Å². The molecule has 0 unspecified atom stereocenters. The minimum absolute atomic E-state index is 0.393. The van der Waals surface area contributed by atoms with E-state index in [0.717, 1.165) is 51.9 Å². The molecule has 7 heteroatoms. The summed E-state index contributed by atoms with van der Waals surface area (Å²) in [5.74, 6) is 3.04. The predicted octanol–water partition coefficient (Wildman–Crippen LogP) is 9.93. The summed E-state index contributed by atoms with van der Waals surface area (Å²) in [5, 5.41) is 0. The summed E-state index contributed by atoms with van der Waals surface area (Å²) in [4.78, 5) is 32.2. The molecular weight excluding hydrogens is 603 g/mol. The normalized spacial score (nSPS) is 12.4. The average Bonchev–Trinajstić information content (AvgIpc) is 3.20. The van der Waals surface area contributed by atoms with E-state index in [1.165, 1.54) is 0 Å². The third-order valence-electron chi connectivity index (χ3n) is 8.23. The lowest BCUT2D eigenvalue weighted by atomic mass is 10.1. The quantitative estimate of drug-likeness (QED) is 0.165. The van der Waals surface area contributed by atoms with Crippen molar-refractivity contribution in [2.45, 2.75) is 12.8 Å². The first-order valence-corrected chi connectivity index (χ1v) is 16.3. The fourth-order valence-corrected chi connectivity index (χ4v) is 5.74. The number of rotatable bonds is 8. The number of aromatic nitrogens is 6. The molecule has 0 spiro atoms. The van der Waals surface area contributed by atoms with Crippen molar-refractivity contribution < 1.29 is 0 Å². The smallest absolute Gasteiger partial charge is 0.241 e. The van der Waals surface area contributed by atoms with E-state index < -0.39 is 0 Å². The Morgan fingerprint density at radius 2 is 0.776 bits per heavy atom. The van der Waals surface area contributed by atoms with E-state index in [0.29, 0.717) is 35.2 Å². The number of hydrogen-bond acceptors (Lipinski definition) is 7. The highest BCUT2D eigenvalue weighted by Gasteiger charge is 2.24. The largest absolute Gasteiger partial charge is 0.246 e. The van der Waals surface area contributed by atoms with E-state index in [1.807, 2.05) is 114 Å². The van der Waals surface area contributed by atoms with E-state index in [-0.39, 0.29) is 0 Å². The average molecular weight is 634 g/mol. The van der Waals surface area contributed by atoms with Crippen molar-refractivity contribution in [1.82, 2.24) is 29.9 Å². The number of anilines is 3. The van der Waals surface area contributed by atoms with Crippen molar-refractivity contribution in [1.29, 1.82) is 0 Å². The molecule has 5 aromatic carbocycles. The van der Waals surface area contributed by atoms with Gasteiger partial charge < -0.3 is 0 Å². The second-order valence-corrected chi connectivity index (χ2v) is 11.6. The molecule has 0 aliphatic heterocycles. The molecule has 234 valence electrons. The Hall–Kier alpha value is -6.60. The summed E-state index contributed by atoms with van der Waals surface area (Å²) in [5.41, 5.74) is 6.61. The van der Waals surface area contributed by atoms with Crippen LogP contribution in [0.1, 0.15) is 18.7 Å². The highest BCUT2D eigenvalue weighted by Crippen LogP contribution is 2.35. The Morgan fingerprint density at radius 1 is 0.367 bits per heavy atom. The maximum atomic E-state index is 5.10. The van der Waals surface area contributed by atoms with Crippen molar-refractivity contribution in [2.75, 3.05) is 4.90 Å². The molecule has 7 aromatic rings. The van der Waals surface area contributed by atoms with E-state index in [4.69, 9.17) is 29.9 Å². The Balaban J connectivity index is 1.37. The molecule has 0 saturated heterocycles. The fourth-order valence-electron chi connectivity index (χ4n) is 5.74. The first-order valence-electron chi connectivity index (χ1n) is 16.3. The van der Waals surface area contributed by atoms with Crippen LogP contribution in [0.4, 0.5) is 17.6 Å². The fraction of sp³-hybridized carbons (Fsp3) is 0.0476. The molecule has 0 bridgehead atoms. The Bertz CT molecular complexity index is 2200. The van der Waals surface area contributed by atoms with Crippen molar-refractivity contribution in [3.63, 3.8) is 0 Å². The zero-order valence-corrected chi connectivity index (χ0v) is 26.6. The first-order chi connectivity index (χ1) is 24.3. The molecule has 1 aliphatic rings. The molecule has 49 heavy (non-hydrogen) atoms. The minimum Gasteiger partial charge on any atom is -0.246 e. The van der Waals surface area contributed by atoms with Crippen LogP contribution in [0.3, 0.4) is 0 Å². The lowest BCUT2D eigenvalue weighted by Crippen LogP contribution is -2.19. The van der Waals surface area contributed by atoms with Gasteiger partial charge in [-0.05, 0) is 36.1 Å². The molecule has 0 saturated carbocycles. The molecular formula is C42H31N7. The van der Waals surface area contributed by atoms with Gasteiger partial charge in [-0.1, -0.05) is 152 Å². The number of nitrogens with zero attached hydrogens (tertiary/aromatic N) is 7. The lowest BCUT2D eigenvalue weighted by molar-refractivity contribution is 0.946. The molecule has 2 aromatic heterocycles. The highest BCUT2D eigenvalue weighted by molar-refractivity contribution is 5.77. The number of hydrogen-bond donors (Lipinski definition) is 0. The second kappa shape index (κ2) is 13.6. The Labute approximate surface area is 285 Å². The summed E-state index contributed by atoms with van der Waals surface area (Å²) in [6, 6.07) is 48.5. The number of allylic oxidation sites excluding steroid dienone is 4. The molecule has 0 fully saturated rings. The van der Waals surface area contributed by atoms with Crippen LogP contribution >= 0.6 is 0 Å². The zero-order chi connectivity index (χ0) is 32.8. The Kier molecular flexibility index (Phi) is 8.29. The molecule has 0 atom stereocenters. The highest BCUT2D eigenvalue weighted by atomic mass is 15.4. The van der Waals surface area contributed by atoms with E-state index in [2.05, 4.69) is 54.6 Å². The van der Waals surface area contributed by atoms with Gasteiger partial charge in [0.2, 0.25) is 11.9 Å². The van der Waals surface area contributed by atoms with Crippen LogP contribution in [0.2, 0.25) is 0 Å². The van der Waals surface area contributed by atoms with Gasteiger partial charge in [0.25, 0.3) is 0 Å². The third kappa shape index (κ3) is 6.50. The summed E-state index contributed by atoms with van der Waals surface area (Å²) in [6.45, 7) is 0. The van der Waals surface area contributed by atoms with Gasteiger partial charge in [-0.15, -0.1) is 0 Å². The summed E-state index contributed by atoms with van der Waals surface area (Å²) in [6.07, 6.45) is 8.33. The van der Waals surface area contributed by atoms with Crippen LogP contribution in [-0.4, -0.2) is 29.9 Å². The predicted molar refractivity (Wildman–Crippen MR) is 196 cm³/mol. The van der Waals surface area contributed by atoms with Gasteiger partial charge in [0, 0.05) is 22.3 Å². The molecule has 0 N–H and O–H groups in total. The summed E-state index contributed by atoms with van der Waals surface area (Å²) < 4.78 is 0. The van der Waals surface area contributed by atoms with Crippen molar-refractivity contribution >= 4 is 23.2 Å². The van der Waals surface area contributed by atoms with Gasteiger partial charge >= 0.3 is 0 Å². The SMILES string of the molecule is C1=CC(c2nc(-c3ccccc3)nc(N(c3ccc(-c4ccccc4)cc3)c3nc(-c4ccccc4)nc(-c4ccccc4)n3)n2)=CCC1. The lowest BCUT2D eigenvalue weighted by Gasteiger charge is -2.23. The summed E-state index contributed by atoms with van der Waals surface area (Å²) >= 11 is 0. The maximum absolute atomic E-state index is 5.10. The Morgan fingerprint density at radius 3 is 1.22 bits per heavy atom. The molecule has 0 radical (unpaired) electrons. The van der Waals surface area contributed by atoms with Crippen LogP contribution < -0.4 is 4.90 Å². The van der Waals surface area contributed by atoms with Crippen LogP contribution in [0.25, 0.3) is 50.9 Å². The van der Waals surface area contributed by atoms with Crippen molar-refractivity contribution in [3.05, 3.63) is 170 Å². The first kappa shape index (κ1) is 29.8. The molecule has 0 amide bonds. The van der Waals surface area contributed by atoms with Crippen molar-refractivity contribution in [3.8, 4) is 45.3 Å². The number of benzene rings is 5. The monoisotopic (exact) mass is 633 g/mol. The van der Waals surface area contributed by atoms with Gasteiger partial charge in [0.15, 0.2) is 23.3 Å². The second-order valence-electron chi connectivity index (χ2n) is 11.6. The van der Waals surface area contributed by atoms with Crippen LogP contribution in [-0.2, 0) is 0 Å². The van der Waals surface area contributed by atoms with Crippen LogP contribution in [0.5, 0.6) is 0 Å². The molecule has 8 rings (SSSR count). The maximum Gasteiger partial charge on any atom is 0.241 e. The van der Waals surface area contributed by atoms with Crippen LogP contribution in [0.15, 0.2) is 164 Å². The van der Waals surface area contributed by atoms with Crippen molar-refractivity contribution in [2.24, 2.45) is 0 Å². The standard InChI is InChI=1S/C42H31N7/c1-6-16-30(17-7-1)31-26-28-36(29-27-31)49(41-45-37(32-18-8-2-9-19-32)43-38(46-41)33-20-10-3-11-21-33)42-47-39(34-22-12-4-13-23-34)44-40(48-42)35-24-14-5-15-25-35/h1-4,6-14,16-29H,5,15H2. The third-order valence-corrected chi connectivity index (χ3v) is 8.23. The van der Waals surface area contributed by atoms with E-state index >= 15 is 0 Å².